The van der Waals surface area contributed by atoms with E-state index in [1.807, 2.05) is 42.1 Å². The quantitative estimate of drug-likeness (QED) is 0.787. The molecule has 1 aromatic carbocycles. The van der Waals surface area contributed by atoms with Crippen molar-refractivity contribution in [3.05, 3.63) is 36.0 Å². The summed E-state index contributed by atoms with van der Waals surface area (Å²) in [5.41, 5.74) is 1.72. The van der Waals surface area contributed by atoms with Crippen molar-refractivity contribution in [3.8, 4) is 0 Å². The summed E-state index contributed by atoms with van der Waals surface area (Å²) < 4.78 is 7.57. The van der Waals surface area contributed by atoms with Crippen LogP contribution in [0.3, 0.4) is 0 Å². The van der Waals surface area contributed by atoms with E-state index in [1.165, 1.54) is 0 Å². The number of carbonyl (C=O) groups is 1. The molecule has 1 saturated carbocycles. The molecule has 3 heteroatoms. The molecule has 3 rings (SSSR count). The molecule has 1 aliphatic carbocycles. The fourth-order valence-electron chi connectivity index (χ4n) is 2.98. The topological polar surface area (TPSA) is 31.2 Å². The molecule has 0 spiro atoms. The largest absolute Gasteiger partial charge is 0.378 e. The maximum atomic E-state index is 12.5. The van der Waals surface area contributed by atoms with Crippen LogP contribution in [0.4, 0.5) is 0 Å². The van der Waals surface area contributed by atoms with Crippen molar-refractivity contribution in [2.75, 3.05) is 7.11 Å². The number of hydrogen-bond donors (Lipinski definition) is 0. The third kappa shape index (κ3) is 1.98. The van der Waals surface area contributed by atoms with E-state index in [1.54, 1.807) is 7.11 Å². The molecule has 0 atom stereocenters. The first-order valence-electron chi connectivity index (χ1n) is 6.78. The molecule has 0 amide bonds. The van der Waals surface area contributed by atoms with E-state index >= 15 is 0 Å². The molecular weight excluding hydrogens is 238 g/mol. The van der Waals surface area contributed by atoms with Crippen LogP contribution < -0.4 is 0 Å². The van der Waals surface area contributed by atoms with E-state index < -0.39 is 0 Å². The fraction of sp³-hybridized carbons (Fsp3) is 0.438. The molecule has 0 N–H and O–H groups in total. The summed E-state index contributed by atoms with van der Waals surface area (Å²) in [6, 6.07) is 8.04. The lowest BCUT2D eigenvalue weighted by Gasteiger charge is -2.40. The second-order valence-corrected chi connectivity index (χ2v) is 5.51. The van der Waals surface area contributed by atoms with Crippen molar-refractivity contribution in [1.29, 1.82) is 0 Å². The number of methoxy groups -OCH3 is 1. The Balaban J connectivity index is 1.94. The molecule has 0 bridgehead atoms. The van der Waals surface area contributed by atoms with Gasteiger partial charge in [-0.3, -0.25) is 4.79 Å². The number of rotatable bonds is 4. The number of hydrogen-bond acceptors (Lipinski definition) is 2. The molecule has 0 saturated heterocycles. The van der Waals surface area contributed by atoms with Crippen LogP contribution in [-0.2, 0) is 11.8 Å². The average Bonchev–Trinajstić information content (AvgIpc) is 2.72. The number of ketones is 1. The Labute approximate surface area is 113 Å². The predicted molar refractivity (Wildman–Crippen MR) is 75.5 cm³/mol. The number of Topliss-reactive ketones (excluding diaryl/α,β-unsaturated/α-hetero) is 1. The van der Waals surface area contributed by atoms with Gasteiger partial charge >= 0.3 is 0 Å². The molecule has 1 aromatic heterocycles. The van der Waals surface area contributed by atoms with Crippen molar-refractivity contribution in [2.45, 2.75) is 31.3 Å². The lowest BCUT2D eigenvalue weighted by Crippen LogP contribution is -2.41. The number of ether oxygens (including phenoxy) is 1. The second kappa shape index (κ2) is 4.49. The molecule has 2 aromatic rings. The highest BCUT2D eigenvalue weighted by Crippen LogP contribution is 2.39. The highest BCUT2D eigenvalue weighted by molar-refractivity contribution is 6.08. The van der Waals surface area contributed by atoms with Crippen LogP contribution in [0, 0.1) is 0 Å². The molecule has 1 aliphatic rings. The van der Waals surface area contributed by atoms with Crippen molar-refractivity contribution >= 4 is 16.7 Å². The number of carbonyl (C=O) groups excluding carboxylic acids is 1. The maximum absolute atomic E-state index is 12.5. The maximum Gasteiger partial charge on any atom is 0.167 e. The van der Waals surface area contributed by atoms with E-state index in [2.05, 4.69) is 0 Å². The first-order valence-corrected chi connectivity index (χ1v) is 6.78. The Morgan fingerprint density at radius 1 is 1.37 bits per heavy atom. The number of aromatic nitrogens is 1. The molecule has 1 heterocycles. The minimum absolute atomic E-state index is 0.193. The van der Waals surface area contributed by atoms with Crippen molar-refractivity contribution in [3.63, 3.8) is 0 Å². The van der Waals surface area contributed by atoms with Gasteiger partial charge < -0.3 is 9.30 Å². The van der Waals surface area contributed by atoms with Gasteiger partial charge in [-0.05, 0) is 25.3 Å². The van der Waals surface area contributed by atoms with Gasteiger partial charge in [-0.1, -0.05) is 18.2 Å². The van der Waals surface area contributed by atoms with E-state index in [9.17, 15) is 4.79 Å². The van der Waals surface area contributed by atoms with Gasteiger partial charge in [0, 0.05) is 43.2 Å². The number of aryl methyl sites for hydroxylation is 1. The minimum atomic E-state index is -0.200. The summed E-state index contributed by atoms with van der Waals surface area (Å²) in [6.45, 7) is 0. The zero-order valence-corrected chi connectivity index (χ0v) is 11.5. The summed E-state index contributed by atoms with van der Waals surface area (Å²) in [7, 11) is 3.70. The van der Waals surface area contributed by atoms with E-state index in [-0.39, 0.29) is 11.4 Å². The zero-order valence-electron chi connectivity index (χ0n) is 11.5. The molecule has 0 radical (unpaired) electrons. The van der Waals surface area contributed by atoms with Gasteiger partial charge in [0.25, 0.3) is 0 Å². The molecule has 0 aliphatic heterocycles. The zero-order chi connectivity index (χ0) is 13.5. The smallest absolute Gasteiger partial charge is 0.167 e. The lowest BCUT2D eigenvalue weighted by molar-refractivity contribution is -0.0704. The van der Waals surface area contributed by atoms with Gasteiger partial charge in [0.1, 0.15) is 0 Å². The number of fused-ring (bicyclic) bond motifs is 1. The summed E-state index contributed by atoms with van der Waals surface area (Å²) in [4.78, 5) is 12.5. The van der Waals surface area contributed by atoms with Crippen LogP contribution in [0.15, 0.2) is 30.5 Å². The summed E-state index contributed by atoms with van der Waals surface area (Å²) in [5, 5.41) is 1.04. The fourth-order valence-corrected chi connectivity index (χ4v) is 2.98. The van der Waals surface area contributed by atoms with Crippen molar-refractivity contribution < 1.29 is 9.53 Å². The van der Waals surface area contributed by atoms with Gasteiger partial charge in [-0.2, -0.15) is 0 Å². The van der Waals surface area contributed by atoms with Crippen molar-refractivity contribution in [1.82, 2.24) is 4.57 Å². The summed E-state index contributed by atoms with van der Waals surface area (Å²) in [6.07, 6.45) is 5.60. The van der Waals surface area contributed by atoms with Crippen LogP contribution in [-0.4, -0.2) is 23.1 Å². The summed E-state index contributed by atoms with van der Waals surface area (Å²) in [5.74, 6) is 0.193. The predicted octanol–water partition coefficient (Wildman–Crippen LogP) is 3.32. The van der Waals surface area contributed by atoms with E-state index in [0.717, 1.165) is 35.7 Å². The van der Waals surface area contributed by atoms with Crippen LogP contribution in [0.25, 0.3) is 10.9 Å². The molecule has 19 heavy (non-hydrogen) atoms. The Bertz CT molecular complexity index is 617. The monoisotopic (exact) mass is 257 g/mol. The third-order valence-corrected chi connectivity index (χ3v) is 4.38. The number of benzene rings is 1. The number of para-hydroxylation sites is 1. The van der Waals surface area contributed by atoms with Crippen LogP contribution in [0.2, 0.25) is 0 Å². The molecule has 3 nitrogen and oxygen atoms in total. The SMILES string of the molecule is COC1(CC(=O)c2cn(C)c3ccccc23)CCC1. The minimum Gasteiger partial charge on any atom is -0.378 e. The van der Waals surface area contributed by atoms with Gasteiger partial charge in [0.2, 0.25) is 0 Å². The van der Waals surface area contributed by atoms with Crippen LogP contribution in [0.1, 0.15) is 36.0 Å². The second-order valence-electron chi connectivity index (χ2n) is 5.51. The van der Waals surface area contributed by atoms with Gasteiger partial charge in [-0.25, -0.2) is 0 Å². The highest BCUT2D eigenvalue weighted by Gasteiger charge is 2.39. The standard InChI is InChI=1S/C16H19NO2/c1-17-11-13(12-6-3-4-7-14(12)17)15(18)10-16(19-2)8-5-9-16/h3-4,6-7,11H,5,8-10H2,1-2H3. The Hall–Kier alpha value is -1.61. The third-order valence-electron chi connectivity index (χ3n) is 4.38. The Morgan fingerprint density at radius 2 is 2.11 bits per heavy atom. The Kier molecular flexibility index (Phi) is 2.94. The molecule has 0 unspecified atom stereocenters. The lowest BCUT2D eigenvalue weighted by atomic mass is 9.76. The first-order chi connectivity index (χ1) is 9.15. The highest BCUT2D eigenvalue weighted by atomic mass is 16.5. The molecule has 1 fully saturated rings. The van der Waals surface area contributed by atoms with Crippen LogP contribution >= 0.6 is 0 Å². The van der Waals surface area contributed by atoms with E-state index in [4.69, 9.17) is 4.74 Å². The van der Waals surface area contributed by atoms with Gasteiger partial charge in [-0.15, -0.1) is 0 Å². The Morgan fingerprint density at radius 3 is 2.74 bits per heavy atom. The summed E-state index contributed by atoms with van der Waals surface area (Å²) >= 11 is 0. The normalized spacial score (nSPS) is 17.4. The van der Waals surface area contributed by atoms with Gasteiger partial charge in [0.05, 0.1) is 5.60 Å². The van der Waals surface area contributed by atoms with E-state index in [0.29, 0.717) is 6.42 Å². The van der Waals surface area contributed by atoms with Gasteiger partial charge in [0.15, 0.2) is 5.78 Å². The first kappa shape index (κ1) is 12.4. The van der Waals surface area contributed by atoms with Crippen LogP contribution in [0.5, 0.6) is 0 Å². The molecule has 100 valence electrons. The van der Waals surface area contributed by atoms with Crippen molar-refractivity contribution in [2.24, 2.45) is 7.05 Å². The average molecular weight is 257 g/mol. The number of nitrogens with zero attached hydrogens (tertiary/aromatic N) is 1. The molecular formula is C16H19NO2.